The minimum Gasteiger partial charge on any atom is -0.494 e. The Kier molecular flexibility index (Phi) is 6.43. The van der Waals surface area contributed by atoms with E-state index in [-0.39, 0.29) is 13.0 Å². The van der Waals surface area contributed by atoms with Crippen LogP contribution < -0.4 is 4.74 Å². The first-order valence-corrected chi connectivity index (χ1v) is 6.22. The average Bonchev–Trinajstić information content (AvgIpc) is 2.39. The summed E-state index contributed by atoms with van der Waals surface area (Å²) in [5.74, 6) is -2.22. The van der Waals surface area contributed by atoms with Gasteiger partial charge in [-0.1, -0.05) is 18.2 Å². The Labute approximate surface area is 112 Å². The molecule has 5 nitrogen and oxygen atoms in total. The van der Waals surface area contributed by atoms with Crippen molar-refractivity contribution in [1.82, 2.24) is 0 Å². The lowest BCUT2D eigenvalue weighted by atomic mass is 10.0. The number of hydrogen-bond acceptors (Lipinski definition) is 4. The van der Waals surface area contributed by atoms with Gasteiger partial charge in [-0.05, 0) is 31.9 Å². The molecular formula is C14H18O5. The fourth-order valence-corrected chi connectivity index (χ4v) is 1.58. The summed E-state index contributed by atoms with van der Waals surface area (Å²) in [7, 11) is 0. The van der Waals surface area contributed by atoms with Crippen LogP contribution in [0.25, 0.3) is 0 Å². The van der Waals surface area contributed by atoms with Gasteiger partial charge in [0, 0.05) is 0 Å². The minimum absolute atomic E-state index is 0.184. The van der Waals surface area contributed by atoms with Gasteiger partial charge < -0.3 is 14.6 Å². The molecule has 0 bridgehead atoms. The molecule has 1 N–H and O–H groups in total. The third-order valence-corrected chi connectivity index (χ3v) is 2.52. The molecule has 0 aliphatic rings. The van der Waals surface area contributed by atoms with E-state index < -0.39 is 17.9 Å². The highest BCUT2D eigenvalue weighted by molar-refractivity contribution is 5.93. The van der Waals surface area contributed by atoms with Gasteiger partial charge in [0.1, 0.15) is 5.75 Å². The number of benzene rings is 1. The van der Waals surface area contributed by atoms with Crippen molar-refractivity contribution >= 4 is 11.9 Å². The number of esters is 1. The molecule has 1 rings (SSSR count). The second-order valence-electron chi connectivity index (χ2n) is 3.95. The van der Waals surface area contributed by atoms with Crippen LogP contribution in [0.1, 0.15) is 19.8 Å². The summed E-state index contributed by atoms with van der Waals surface area (Å²) in [5, 5.41) is 8.95. The highest BCUT2D eigenvalue weighted by Gasteiger charge is 2.26. The highest BCUT2D eigenvalue weighted by atomic mass is 16.5. The summed E-state index contributed by atoms with van der Waals surface area (Å²) in [5.41, 5.74) is 0. The second-order valence-corrected chi connectivity index (χ2v) is 3.95. The lowest BCUT2D eigenvalue weighted by Gasteiger charge is -2.11. The molecule has 0 amide bonds. The predicted molar refractivity (Wildman–Crippen MR) is 68.9 cm³/mol. The van der Waals surface area contributed by atoms with Gasteiger partial charge in [0.15, 0.2) is 5.92 Å². The molecular weight excluding hydrogens is 248 g/mol. The standard InChI is InChI=1S/C14H18O5/c1-2-18-14(17)12(13(15)16)9-6-10-19-11-7-4-3-5-8-11/h3-5,7-8,12H,2,6,9-10H2,1H3,(H,15,16). The smallest absolute Gasteiger partial charge is 0.320 e. The molecule has 1 aromatic rings. The number of para-hydroxylation sites is 1. The van der Waals surface area contributed by atoms with Gasteiger partial charge in [-0.3, -0.25) is 9.59 Å². The minimum atomic E-state index is -1.15. The lowest BCUT2D eigenvalue weighted by molar-refractivity contribution is -0.158. The molecule has 0 aliphatic heterocycles. The molecule has 1 unspecified atom stereocenters. The summed E-state index contributed by atoms with van der Waals surface area (Å²) in [6, 6.07) is 9.23. The molecule has 0 spiro atoms. The van der Waals surface area contributed by atoms with Crippen molar-refractivity contribution in [2.75, 3.05) is 13.2 Å². The van der Waals surface area contributed by atoms with Crippen molar-refractivity contribution < 1.29 is 24.2 Å². The zero-order valence-electron chi connectivity index (χ0n) is 10.9. The summed E-state index contributed by atoms with van der Waals surface area (Å²) in [4.78, 5) is 22.3. The first-order valence-electron chi connectivity index (χ1n) is 6.22. The van der Waals surface area contributed by atoms with Gasteiger partial charge in [0.2, 0.25) is 0 Å². The summed E-state index contributed by atoms with van der Waals surface area (Å²) in [6.07, 6.45) is 0.686. The molecule has 0 heterocycles. The molecule has 0 saturated heterocycles. The number of ether oxygens (including phenoxy) is 2. The number of carbonyl (C=O) groups is 2. The van der Waals surface area contributed by atoms with Gasteiger partial charge >= 0.3 is 11.9 Å². The van der Waals surface area contributed by atoms with E-state index >= 15 is 0 Å². The zero-order valence-corrected chi connectivity index (χ0v) is 10.9. The van der Waals surface area contributed by atoms with E-state index in [1.165, 1.54) is 0 Å². The van der Waals surface area contributed by atoms with Gasteiger partial charge in [-0.2, -0.15) is 0 Å². The topological polar surface area (TPSA) is 72.8 Å². The van der Waals surface area contributed by atoms with Crippen molar-refractivity contribution in [3.05, 3.63) is 30.3 Å². The SMILES string of the molecule is CCOC(=O)C(CCCOc1ccccc1)C(=O)O. The number of rotatable bonds is 8. The van der Waals surface area contributed by atoms with Crippen molar-refractivity contribution in [1.29, 1.82) is 0 Å². The quantitative estimate of drug-likeness (QED) is 0.443. The molecule has 19 heavy (non-hydrogen) atoms. The Morgan fingerprint density at radius 3 is 2.53 bits per heavy atom. The zero-order chi connectivity index (χ0) is 14.1. The normalized spacial score (nSPS) is 11.6. The van der Waals surface area contributed by atoms with E-state index in [0.29, 0.717) is 13.0 Å². The molecule has 1 aromatic carbocycles. The molecule has 1 atom stereocenters. The van der Waals surface area contributed by atoms with Crippen molar-refractivity contribution in [2.45, 2.75) is 19.8 Å². The van der Waals surface area contributed by atoms with Gasteiger partial charge in [-0.15, -0.1) is 0 Å². The van der Waals surface area contributed by atoms with Crippen LogP contribution in [0.2, 0.25) is 0 Å². The van der Waals surface area contributed by atoms with Gasteiger partial charge in [0.05, 0.1) is 13.2 Å². The van der Waals surface area contributed by atoms with Crippen LogP contribution in [0.5, 0.6) is 5.75 Å². The van der Waals surface area contributed by atoms with E-state index in [1.54, 1.807) is 6.92 Å². The van der Waals surface area contributed by atoms with E-state index in [2.05, 4.69) is 0 Å². The van der Waals surface area contributed by atoms with Gasteiger partial charge in [-0.25, -0.2) is 0 Å². The van der Waals surface area contributed by atoms with Crippen LogP contribution in [-0.2, 0) is 14.3 Å². The Morgan fingerprint density at radius 1 is 1.26 bits per heavy atom. The van der Waals surface area contributed by atoms with Crippen LogP contribution in [0.4, 0.5) is 0 Å². The maximum atomic E-state index is 11.4. The molecule has 104 valence electrons. The molecule has 0 radical (unpaired) electrons. The van der Waals surface area contributed by atoms with E-state index in [4.69, 9.17) is 14.6 Å². The third kappa shape index (κ3) is 5.42. The fraction of sp³-hybridized carbons (Fsp3) is 0.429. The number of carboxylic acids is 1. The molecule has 0 saturated carbocycles. The fourth-order valence-electron chi connectivity index (χ4n) is 1.58. The van der Waals surface area contributed by atoms with Crippen LogP contribution in [0, 0.1) is 5.92 Å². The van der Waals surface area contributed by atoms with Crippen molar-refractivity contribution in [3.63, 3.8) is 0 Å². The van der Waals surface area contributed by atoms with Crippen molar-refractivity contribution in [3.8, 4) is 5.75 Å². The monoisotopic (exact) mass is 266 g/mol. The second kappa shape index (κ2) is 8.13. The van der Waals surface area contributed by atoms with Crippen molar-refractivity contribution in [2.24, 2.45) is 5.92 Å². The molecule has 5 heteroatoms. The molecule has 0 fully saturated rings. The van der Waals surface area contributed by atoms with Gasteiger partial charge in [0.25, 0.3) is 0 Å². The van der Waals surface area contributed by atoms with E-state index in [1.807, 2.05) is 30.3 Å². The lowest BCUT2D eigenvalue weighted by Crippen LogP contribution is -2.26. The maximum Gasteiger partial charge on any atom is 0.320 e. The third-order valence-electron chi connectivity index (χ3n) is 2.52. The number of aliphatic carboxylic acids is 1. The Balaban J connectivity index is 2.33. The number of carbonyl (C=O) groups excluding carboxylic acids is 1. The number of hydrogen-bond donors (Lipinski definition) is 1. The van der Waals surface area contributed by atoms with E-state index in [9.17, 15) is 9.59 Å². The molecule has 0 aliphatic carbocycles. The first-order chi connectivity index (χ1) is 9.15. The highest BCUT2D eigenvalue weighted by Crippen LogP contribution is 2.12. The van der Waals surface area contributed by atoms with E-state index in [0.717, 1.165) is 5.75 Å². The maximum absolute atomic E-state index is 11.4. The molecule has 0 aromatic heterocycles. The Hall–Kier alpha value is -2.04. The summed E-state index contributed by atoms with van der Waals surface area (Å²) in [6.45, 7) is 2.20. The Bertz CT molecular complexity index is 402. The number of carboxylic acid groups (broad SMARTS) is 1. The predicted octanol–water partition coefficient (Wildman–Crippen LogP) is 2.11. The largest absolute Gasteiger partial charge is 0.494 e. The average molecular weight is 266 g/mol. The van der Waals surface area contributed by atoms with Crippen LogP contribution in [0.3, 0.4) is 0 Å². The van der Waals surface area contributed by atoms with Crippen LogP contribution >= 0.6 is 0 Å². The summed E-state index contributed by atoms with van der Waals surface area (Å²) >= 11 is 0. The Morgan fingerprint density at radius 2 is 1.95 bits per heavy atom. The first kappa shape index (κ1) is 15.0. The summed E-state index contributed by atoms with van der Waals surface area (Å²) < 4.78 is 10.2. The van der Waals surface area contributed by atoms with Crippen LogP contribution in [0.15, 0.2) is 30.3 Å². The van der Waals surface area contributed by atoms with Crippen LogP contribution in [-0.4, -0.2) is 30.3 Å².